The Kier molecular flexibility index (Phi) is 6.80. The van der Waals surface area contributed by atoms with E-state index >= 15 is 8.78 Å². The summed E-state index contributed by atoms with van der Waals surface area (Å²) in [7, 11) is 2.03. The lowest BCUT2D eigenvalue weighted by Crippen LogP contribution is -2.52. The summed E-state index contributed by atoms with van der Waals surface area (Å²) in [6.45, 7) is 4.22. The van der Waals surface area contributed by atoms with Gasteiger partial charge in [0.1, 0.15) is 40.9 Å². The number of morpholine rings is 1. The standard InChI is InChI=1S/C31H31F2N7O3S/c1-39-6-7-42-17(11-39)12-43-31-37-28-25(30(38-31)40-15-2-3-16(40)10-36-9-15)20-14-41-13-19(20)24(27(28)33)26-21(32)4-5-22-23(26)18(8-34)29(35)44-22/h4-5,15-17,36H,2-3,6-7,9-14,35H2,1H3/t15?,16?,17-/m1/s1. The molecule has 228 valence electrons. The first-order valence-corrected chi connectivity index (χ1v) is 15.7. The molecule has 13 heteroatoms. The van der Waals surface area contributed by atoms with Crippen molar-refractivity contribution >= 4 is 43.1 Å². The number of likely N-dealkylation sites (N-methyl/N-ethyl adjacent to an activating group) is 1. The van der Waals surface area contributed by atoms with Crippen LogP contribution in [0.1, 0.15) is 29.5 Å². The van der Waals surface area contributed by atoms with E-state index in [0.29, 0.717) is 40.0 Å². The van der Waals surface area contributed by atoms with Gasteiger partial charge in [0.2, 0.25) is 0 Å². The number of nitrogens with one attached hydrogen (secondary N) is 1. The van der Waals surface area contributed by atoms with E-state index in [9.17, 15) is 5.26 Å². The van der Waals surface area contributed by atoms with E-state index in [4.69, 9.17) is 24.9 Å². The predicted octanol–water partition coefficient (Wildman–Crippen LogP) is 3.92. The molecule has 0 saturated carbocycles. The van der Waals surface area contributed by atoms with Crippen LogP contribution in [0.2, 0.25) is 0 Å². The zero-order valence-electron chi connectivity index (χ0n) is 24.2. The normalized spacial score (nSPS) is 23.4. The summed E-state index contributed by atoms with van der Waals surface area (Å²) in [5, 5.41) is 14.6. The van der Waals surface area contributed by atoms with E-state index in [1.54, 1.807) is 6.07 Å². The maximum absolute atomic E-state index is 17.2. The SMILES string of the molecule is CN1CCO[C@@H](COc2nc(N3C4CCC3CNC4)c3c4c(c(-c5c(F)ccc6sc(N)c(C#N)c56)c(F)c3n2)COC4)C1. The van der Waals surface area contributed by atoms with Crippen LogP contribution in [0.4, 0.5) is 19.6 Å². The number of rotatable bonds is 5. The number of anilines is 2. The van der Waals surface area contributed by atoms with Crippen LogP contribution in [0, 0.1) is 23.0 Å². The van der Waals surface area contributed by atoms with Crippen molar-refractivity contribution in [3.05, 3.63) is 40.5 Å². The number of hydrogen-bond acceptors (Lipinski definition) is 11. The lowest BCUT2D eigenvalue weighted by Gasteiger charge is -2.37. The van der Waals surface area contributed by atoms with Gasteiger partial charge in [-0.3, -0.25) is 0 Å². The predicted molar refractivity (Wildman–Crippen MR) is 163 cm³/mol. The van der Waals surface area contributed by atoms with Crippen LogP contribution in [0.15, 0.2) is 12.1 Å². The molecule has 0 amide bonds. The number of ether oxygens (including phenoxy) is 3. The molecule has 2 aromatic carbocycles. The quantitative estimate of drug-likeness (QED) is 0.340. The zero-order valence-corrected chi connectivity index (χ0v) is 25.0. The van der Waals surface area contributed by atoms with E-state index in [1.165, 1.54) is 17.4 Å². The summed E-state index contributed by atoms with van der Waals surface area (Å²) in [6.07, 6.45) is 1.80. The molecule has 3 atom stereocenters. The number of hydrogen-bond donors (Lipinski definition) is 2. The van der Waals surface area contributed by atoms with Gasteiger partial charge in [-0.05, 0) is 43.1 Å². The summed E-state index contributed by atoms with van der Waals surface area (Å²) in [6, 6.07) is 5.39. The van der Waals surface area contributed by atoms with Crippen LogP contribution < -0.4 is 20.7 Å². The molecule has 4 aliphatic heterocycles. The number of piperazine rings is 1. The maximum Gasteiger partial charge on any atom is 0.319 e. The second kappa shape index (κ2) is 10.7. The largest absolute Gasteiger partial charge is 0.461 e. The van der Waals surface area contributed by atoms with Crippen LogP contribution in [0.5, 0.6) is 6.01 Å². The minimum atomic E-state index is -0.700. The van der Waals surface area contributed by atoms with Crippen molar-refractivity contribution < 1.29 is 23.0 Å². The van der Waals surface area contributed by atoms with Gasteiger partial charge in [0.05, 0.1) is 30.8 Å². The highest BCUT2D eigenvalue weighted by atomic mass is 32.1. The molecule has 4 aromatic rings. The molecule has 2 unspecified atom stereocenters. The van der Waals surface area contributed by atoms with E-state index in [0.717, 1.165) is 38.0 Å². The Balaban J connectivity index is 1.37. The zero-order chi connectivity index (χ0) is 30.1. The van der Waals surface area contributed by atoms with Crippen molar-refractivity contribution in [3.63, 3.8) is 0 Å². The van der Waals surface area contributed by atoms with Gasteiger partial charge in [0.25, 0.3) is 0 Å². The Bertz CT molecular complexity index is 1840. The molecule has 0 spiro atoms. The Labute approximate surface area is 256 Å². The molecule has 3 saturated heterocycles. The molecule has 2 bridgehead atoms. The van der Waals surface area contributed by atoms with E-state index in [2.05, 4.69) is 26.2 Å². The smallest absolute Gasteiger partial charge is 0.319 e. The Morgan fingerprint density at radius 3 is 2.70 bits per heavy atom. The van der Waals surface area contributed by atoms with Gasteiger partial charge < -0.3 is 35.1 Å². The number of thiophene rings is 1. The molecule has 3 N–H and O–H groups in total. The number of nitrogen functional groups attached to an aromatic ring is 1. The minimum Gasteiger partial charge on any atom is -0.461 e. The maximum atomic E-state index is 17.2. The van der Waals surface area contributed by atoms with E-state index in [1.807, 2.05) is 7.05 Å². The third-order valence-corrected chi connectivity index (χ3v) is 10.3. The summed E-state index contributed by atoms with van der Waals surface area (Å²) < 4.78 is 51.6. The highest BCUT2D eigenvalue weighted by Crippen LogP contribution is 2.48. The minimum absolute atomic E-state index is 0.00309. The molecule has 6 heterocycles. The highest BCUT2D eigenvalue weighted by molar-refractivity contribution is 7.23. The number of nitrogens with zero attached hydrogens (tertiary/aromatic N) is 5. The first-order chi connectivity index (χ1) is 21.4. The monoisotopic (exact) mass is 619 g/mol. The van der Waals surface area contributed by atoms with Crippen LogP contribution in [-0.2, 0) is 22.7 Å². The molecule has 0 aliphatic carbocycles. The Hall–Kier alpha value is -3.67. The molecule has 44 heavy (non-hydrogen) atoms. The molecule has 8 rings (SSSR count). The van der Waals surface area contributed by atoms with Crippen LogP contribution in [-0.4, -0.2) is 79.5 Å². The van der Waals surface area contributed by atoms with Crippen molar-refractivity contribution in [1.29, 1.82) is 5.26 Å². The topological polar surface area (TPSA) is 122 Å². The van der Waals surface area contributed by atoms with E-state index in [-0.39, 0.29) is 71.2 Å². The first kappa shape index (κ1) is 27.8. The fraction of sp³-hybridized carbons (Fsp3) is 0.452. The lowest BCUT2D eigenvalue weighted by molar-refractivity contribution is -0.0416. The molecule has 0 radical (unpaired) electrons. The second-order valence-corrected chi connectivity index (χ2v) is 13.0. The summed E-state index contributed by atoms with van der Waals surface area (Å²) >= 11 is 1.18. The fourth-order valence-corrected chi connectivity index (χ4v) is 8.23. The average Bonchev–Trinajstić information content (AvgIpc) is 3.69. The van der Waals surface area contributed by atoms with Crippen molar-refractivity contribution in [2.45, 2.75) is 44.2 Å². The van der Waals surface area contributed by atoms with Crippen molar-refractivity contribution in [1.82, 2.24) is 20.2 Å². The van der Waals surface area contributed by atoms with Gasteiger partial charge >= 0.3 is 6.01 Å². The Morgan fingerprint density at radius 1 is 1.14 bits per heavy atom. The summed E-state index contributed by atoms with van der Waals surface area (Å²) in [4.78, 5) is 14.0. The van der Waals surface area contributed by atoms with Gasteiger partial charge in [-0.25, -0.2) is 8.78 Å². The molecule has 4 aliphatic rings. The molecular formula is C31H31F2N7O3S. The van der Waals surface area contributed by atoms with Crippen molar-refractivity contribution in [3.8, 4) is 23.2 Å². The van der Waals surface area contributed by atoms with Crippen molar-refractivity contribution in [2.75, 3.05) is 57.1 Å². The van der Waals surface area contributed by atoms with Gasteiger partial charge in [-0.2, -0.15) is 15.2 Å². The number of aromatic nitrogens is 2. The van der Waals surface area contributed by atoms with Gasteiger partial charge in [-0.1, -0.05) is 0 Å². The third-order valence-electron chi connectivity index (χ3n) is 9.32. The lowest BCUT2D eigenvalue weighted by atomic mass is 9.90. The molecule has 2 aromatic heterocycles. The number of nitrogens with two attached hydrogens (primary N) is 1. The Morgan fingerprint density at radius 2 is 1.93 bits per heavy atom. The number of nitriles is 1. The number of fused-ring (bicyclic) bond motifs is 6. The fourth-order valence-electron chi connectivity index (χ4n) is 7.30. The summed E-state index contributed by atoms with van der Waals surface area (Å²) in [5.41, 5.74) is 7.63. The van der Waals surface area contributed by atoms with Crippen LogP contribution in [0.3, 0.4) is 0 Å². The van der Waals surface area contributed by atoms with Crippen molar-refractivity contribution in [2.24, 2.45) is 0 Å². The van der Waals surface area contributed by atoms with Crippen LogP contribution >= 0.6 is 11.3 Å². The summed E-state index contributed by atoms with van der Waals surface area (Å²) in [5.74, 6) is -0.735. The van der Waals surface area contributed by atoms with Gasteiger partial charge in [0.15, 0.2) is 5.82 Å². The molecule has 10 nitrogen and oxygen atoms in total. The van der Waals surface area contributed by atoms with Crippen LogP contribution in [0.25, 0.3) is 32.1 Å². The second-order valence-electron chi connectivity index (χ2n) is 12.0. The van der Waals surface area contributed by atoms with E-state index < -0.39 is 11.6 Å². The highest BCUT2D eigenvalue weighted by Gasteiger charge is 2.40. The molecule has 3 fully saturated rings. The van der Waals surface area contributed by atoms with Gasteiger partial charge in [-0.15, -0.1) is 11.3 Å². The molecular weight excluding hydrogens is 588 g/mol. The number of benzene rings is 2. The first-order valence-electron chi connectivity index (χ1n) is 14.9. The third kappa shape index (κ3) is 4.31. The average molecular weight is 620 g/mol. The number of halogens is 2. The van der Waals surface area contributed by atoms with Gasteiger partial charge in [0, 0.05) is 59.5 Å².